The van der Waals surface area contributed by atoms with Gasteiger partial charge in [0.25, 0.3) is 0 Å². The lowest BCUT2D eigenvalue weighted by Crippen LogP contribution is -2.22. The van der Waals surface area contributed by atoms with Crippen LogP contribution in [0.15, 0.2) is 60.7 Å². The highest BCUT2D eigenvalue weighted by Crippen LogP contribution is 2.35. The van der Waals surface area contributed by atoms with Gasteiger partial charge in [-0.25, -0.2) is 0 Å². The van der Waals surface area contributed by atoms with Gasteiger partial charge in [0.15, 0.2) is 5.78 Å². The van der Waals surface area contributed by atoms with Crippen molar-refractivity contribution in [3.05, 3.63) is 66.2 Å². The van der Waals surface area contributed by atoms with Crippen molar-refractivity contribution in [3.63, 3.8) is 0 Å². The van der Waals surface area contributed by atoms with Crippen LogP contribution in [-0.4, -0.2) is 42.4 Å². The Kier molecular flexibility index (Phi) is 8.06. The van der Waals surface area contributed by atoms with Crippen molar-refractivity contribution < 1.29 is 29.0 Å². The largest absolute Gasteiger partial charge is 0.507 e. The SMILES string of the molecule is COC(=O)C[C@H](CC(=O)[C@@H](Cl)CC(=O)OC)c1ccc(-c2ccc(O)c3ccccc23)cc1. The maximum Gasteiger partial charge on any atom is 0.307 e. The number of hydrogen-bond acceptors (Lipinski definition) is 6. The minimum Gasteiger partial charge on any atom is -0.507 e. The molecule has 0 aromatic heterocycles. The molecule has 3 aromatic rings. The van der Waals surface area contributed by atoms with E-state index in [-0.39, 0.29) is 30.8 Å². The molecule has 3 rings (SSSR count). The Balaban J connectivity index is 1.87. The number of rotatable bonds is 9. The van der Waals surface area contributed by atoms with E-state index < -0.39 is 23.2 Å². The molecule has 0 spiro atoms. The van der Waals surface area contributed by atoms with Gasteiger partial charge in [0.05, 0.1) is 27.1 Å². The zero-order chi connectivity index (χ0) is 24.0. The quantitative estimate of drug-likeness (QED) is 0.351. The van der Waals surface area contributed by atoms with Gasteiger partial charge in [-0.2, -0.15) is 0 Å². The number of carbonyl (C=O) groups excluding carboxylic acids is 3. The predicted octanol–water partition coefficient (Wildman–Crippen LogP) is 4.99. The van der Waals surface area contributed by atoms with Crippen LogP contribution in [0.1, 0.15) is 30.7 Å². The van der Waals surface area contributed by atoms with Crippen molar-refractivity contribution in [2.45, 2.75) is 30.6 Å². The second kappa shape index (κ2) is 11.0. The Bertz CT molecular complexity index is 1160. The molecule has 0 unspecified atom stereocenters. The van der Waals surface area contributed by atoms with E-state index in [1.54, 1.807) is 6.07 Å². The Morgan fingerprint density at radius 3 is 2.06 bits per heavy atom. The number of ketones is 1. The molecule has 0 heterocycles. The van der Waals surface area contributed by atoms with Crippen LogP contribution >= 0.6 is 11.6 Å². The zero-order valence-electron chi connectivity index (χ0n) is 18.4. The number of fused-ring (bicyclic) bond motifs is 1. The molecule has 0 fully saturated rings. The van der Waals surface area contributed by atoms with Gasteiger partial charge in [-0.15, -0.1) is 11.6 Å². The standard InChI is InChI=1S/C26H25ClO6/c1-32-25(30)14-18(13-24(29)22(27)15-26(31)33-2)16-7-9-17(10-8-16)19-11-12-23(28)21-6-4-3-5-20(19)21/h3-12,18,22,28H,13-15H2,1-2H3/t18-,22-/m0/s1. The number of alkyl halides is 1. The summed E-state index contributed by atoms with van der Waals surface area (Å²) in [5.41, 5.74) is 2.66. The lowest BCUT2D eigenvalue weighted by molar-refractivity contribution is -0.142. The van der Waals surface area contributed by atoms with E-state index in [1.165, 1.54) is 14.2 Å². The van der Waals surface area contributed by atoms with E-state index in [0.717, 1.165) is 27.5 Å². The Hall–Kier alpha value is -3.38. The molecule has 1 N–H and O–H groups in total. The summed E-state index contributed by atoms with van der Waals surface area (Å²) in [6.45, 7) is 0. The maximum atomic E-state index is 12.6. The minimum absolute atomic E-state index is 0.00552. The van der Waals surface area contributed by atoms with E-state index in [1.807, 2.05) is 54.6 Å². The Morgan fingerprint density at radius 1 is 0.818 bits per heavy atom. The fraction of sp³-hybridized carbons (Fsp3) is 0.269. The Morgan fingerprint density at radius 2 is 1.42 bits per heavy atom. The molecule has 0 bridgehead atoms. The number of hydrogen-bond donors (Lipinski definition) is 1. The first-order chi connectivity index (χ1) is 15.8. The smallest absolute Gasteiger partial charge is 0.307 e. The van der Waals surface area contributed by atoms with Gasteiger partial charge in [-0.1, -0.05) is 54.6 Å². The molecule has 0 aliphatic rings. The maximum absolute atomic E-state index is 12.6. The van der Waals surface area contributed by atoms with Crippen LogP contribution in [0.5, 0.6) is 5.75 Å². The number of esters is 2. The zero-order valence-corrected chi connectivity index (χ0v) is 19.2. The second-order valence-electron chi connectivity index (χ2n) is 7.70. The van der Waals surface area contributed by atoms with Crippen LogP contribution in [0.4, 0.5) is 0 Å². The summed E-state index contributed by atoms with van der Waals surface area (Å²) in [6.07, 6.45) is -0.234. The fourth-order valence-corrected chi connectivity index (χ4v) is 3.99. The highest BCUT2D eigenvalue weighted by Gasteiger charge is 2.26. The average Bonchev–Trinajstić information content (AvgIpc) is 2.83. The van der Waals surface area contributed by atoms with Crippen molar-refractivity contribution in [3.8, 4) is 16.9 Å². The summed E-state index contributed by atoms with van der Waals surface area (Å²) in [5, 5.41) is 10.8. The van der Waals surface area contributed by atoms with Gasteiger partial charge < -0.3 is 14.6 Å². The predicted molar refractivity (Wildman–Crippen MR) is 126 cm³/mol. The minimum atomic E-state index is -1.03. The third-order valence-electron chi connectivity index (χ3n) is 5.61. The van der Waals surface area contributed by atoms with Gasteiger partial charge in [0, 0.05) is 17.7 Å². The molecular weight excluding hydrogens is 444 g/mol. The molecule has 0 amide bonds. The number of aromatic hydroxyl groups is 1. The van der Waals surface area contributed by atoms with Crippen LogP contribution < -0.4 is 0 Å². The van der Waals surface area contributed by atoms with E-state index >= 15 is 0 Å². The second-order valence-corrected chi connectivity index (χ2v) is 8.22. The third kappa shape index (κ3) is 5.90. The van der Waals surface area contributed by atoms with Crippen LogP contribution in [0.2, 0.25) is 0 Å². The first-order valence-electron chi connectivity index (χ1n) is 10.5. The number of halogens is 1. The highest BCUT2D eigenvalue weighted by molar-refractivity contribution is 6.32. The molecule has 33 heavy (non-hydrogen) atoms. The molecule has 172 valence electrons. The fourth-order valence-electron chi connectivity index (χ4n) is 3.78. The van der Waals surface area contributed by atoms with Crippen molar-refractivity contribution in [2.24, 2.45) is 0 Å². The average molecular weight is 469 g/mol. The molecule has 6 nitrogen and oxygen atoms in total. The van der Waals surface area contributed by atoms with Crippen molar-refractivity contribution in [1.82, 2.24) is 0 Å². The van der Waals surface area contributed by atoms with E-state index in [2.05, 4.69) is 4.74 Å². The van der Waals surface area contributed by atoms with Gasteiger partial charge in [0.2, 0.25) is 0 Å². The first kappa shape index (κ1) is 24.3. The lowest BCUT2D eigenvalue weighted by Gasteiger charge is -2.18. The molecule has 0 aliphatic heterocycles. The number of methoxy groups -OCH3 is 2. The normalized spacial score (nSPS) is 12.7. The topological polar surface area (TPSA) is 89.9 Å². The first-order valence-corrected chi connectivity index (χ1v) is 10.9. The summed E-state index contributed by atoms with van der Waals surface area (Å²) in [5.74, 6) is -1.59. The summed E-state index contributed by atoms with van der Waals surface area (Å²) in [4.78, 5) is 36.0. The van der Waals surface area contributed by atoms with Crippen molar-refractivity contribution in [1.29, 1.82) is 0 Å². The third-order valence-corrected chi connectivity index (χ3v) is 6.00. The van der Waals surface area contributed by atoms with E-state index in [0.29, 0.717) is 0 Å². The lowest BCUT2D eigenvalue weighted by atomic mass is 9.88. The number of ether oxygens (including phenoxy) is 2. The molecular formula is C26H25ClO6. The van der Waals surface area contributed by atoms with Crippen LogP contribution in [-0.2, 0) is 23.9 Å². The van der Waals surface area contributed by atoms with Crippen molar-refractivity contribution >= 4 is 40.1 Å². The van der Waals surface area contributed by atoms with E-state index in [4.69, 9.17) is 16.3 Å². The number of carbonyl (C=O) groups is 3. The summed E-state index contributed by atoms with van der Waals surface area (Å²) in [7, 11) is 2.52. The molecule has 0 aliphatic carbocycles. The van der Waals surface area contributed by atoms with Gasteiger partial charge >= 0.3 is 11.9 Å². The van der Waals surface area contributed by atoms with Gasteiger partial charge in [0.1, 0.15) is 11.1 Å². The van der Waals surface area contributed by atoms with Gasteiger partial charge in [-0.3, -0.25) is 14.4 Å². The molecule has 0 saturated heterocycles. The van der Waals surface area contributed by atoms with Gasteiger partial charge in [-0.05, 0) is 28.1 Å². The monoisotopic (exact) mass is 468 g/mol. The van der Waals surface area contributed by atoms with Crippen LogP contribution in [0, 0.1) is 0 Å². The van der Waals surface area contributed by atoms with Crippen LogP contribution in [0.25, 0.3) is 21.9 Å². The highest BCUT2D eigenvalue weighted by atomic mass is 35.5. The summed E-state index contributed by atoms with van der Waals surface area (Å²) in [6, 6.07) is 18.6. The Labute approximate surface area is 197 Å². The molecule has 0 saturated carbocycles. The summed E-state index contributed by atoms with van der Waals surface area (Å²) < 4.78 is 9.37. The molecule has 0 radical (unpaired) electrons. The number of phenolic OH excluding ortho intramolecular Hbond substituents is 1. The van der Waals surface area contributed by atoms with Crippen molar-refractivity contribution in [2.75, 3.05) is 14.2 Å². The number of phenols is 1. The molecule has 2 atom stereocenters. The van der Waals surface area contributed by atoms with E-state index in [9.17, 15) is 19.5 Å². The molecule has 7 heteroatoms. The summed E-state index contributed by atoms with van der Waals surface area (Å²) >= 11 is 6.09. The molecule has 3 aromatic carbocycles. The number of Topliss-reactive ketones (excluding diaryl/α,β-unsaturated/α-hetero) is 1. The van der Waals surface area contributed by atoms with Crippen LogP contribution in [0.3, 0.4) is 0 Å². The number of benzene rings is 3.